The molecule has 0 aliphatic rings. The van der Waals surface area contributed by atoms with Crippen molar-refractivity contribution in [1.29, 1.82) is 0 Å². The molecule has 0 saturated heterocycles. The molecule has 3 atom stereocenters. The van der Waals surface area contributed by atoms with Crippen molar-refractivity contribution >= 4 is 58.4 Å². The molecule has 0 bridgehead atoms. The van der Waals surface area contributed by atoms with Gasteiger partial charge < -0.3 is 10.9 Å². The molecule has 7 nitrogen and oxygen atoms in total. The molecule has 31 heavy (non-hydrogen) atoms. The van der Waals surface area contributed by atoms with Crippen LogP contribution in [0.4, 0.5) is 0 Å². The number of carbonyl (C=O) groups is 2. The second-order valence-electron chi connectivity index (χ2n) is 7.35. The molecule has 0 fully saturated rings. The van der Waals surface area contributed by atoms with Gasteiger partial charge in [-0.2, -0.15) is 8.42 Å². The van der Waals surface area contributed by atoms with Crippen LogP contribution in [0.3, 0.4) is 0 Å². The topological polar surface area (TPSA) is 107 Å². The van der Waals surface area contributed by atoms with Gasteiger partial charge in [0.1, 0.15) is 0 Å². The van der Waals surface area contributed by atoms with Gasteiger partial charge in [-0.05, 0) is 24.7 Å². The van der Waals surface area contributed by atoms with Crippen molar-refractivity contribution in [2.24, 2.45) is 11.8 Å². The Bertz CT molecular complexity index is 570. The third kappa shape index (κ3) is 19.0. The summed E-state index contributed by atoms with van der Waals surface area (Å²) >= 11 is 0. The Morgan fingerprint density at radius 3 is 1.68 bits per heavy atom. The first-order valence-electron chi connectivity index (χ1n) is 10.5. The minimum absolute atomic E-state index is 0. The summed E-state index contributed by atoms with van der Waals surface area (Å²) in [5.74, 6) is -1.61. The summed E-state index contributed by atoms with van der Waals surface area (Å²) in [5, 5.41) is -1.95. The Morgan fingerprint density at radius 2 is 1.32 bits per heavy atom. The average Bonchev–Trinajstić information content (AvgIpc) is 2.65. The molecule has 0 aliphatic heterocycles. The van der Waals surface area contributed by atoms with E-state index in [1.807, 2.05) is 13.8 Å². The van der Waals surface area contributed by atoms with Gasteiger partial charge >= 0.3 is 65.4 Å². The predicted molar refractivity (Wildman–Crippen MR) is 125 cm³/mol. The summed E-state index contributed by atoms with van der Waals surface area (Å²) in [7, 11) is -4.76. The number of hydrogen-bond acceptors (Lipinski definition) is 6. The van der Waals surface area contributed by atoms with Crippen molar-refractivity contribution in [1.82, 2.24) is 0 Å². The number of ether oxygens (including phenoxy) is 2. The molecule has 0 rings (SSSR count). The first-order chi connectivity index (χ1) is 13.2. The summed E-state index contributed by atoms with van der Waals surface area (Å²) in [5.41, 5.74) is 0. The molecule has 0 aliphatic carbocycles. The monoisotopic (exact) mass is 604 g/mol. The van der Waals surface area contributed by atoms with Crippen molar-refractivity contribution in [2.75, 3.05) is 13.2 Å². The fourth-order valence-electron chi connectivity index (χ4n) is 2.82. The second-order valence-corrected chi connectivity index (χ2v) is 8.95. The Labute approximate surface area is 235 Å². The summed E-state index contributed by atoms with van der Waals surface area (Å²) in [6, 6.07) is 0. The quantitative estimate of drug-likeness (QED) is 0.158. The van der Waals surface area contributed by atoms with E-state index in [0.717, 1.165) is 51.4 Å². The number of rotatable bonds is 16. The molecular weight excluding hydrogens is 561 g/mol. The van der Waals surface area contributed by atoms with E-state index < -0.39 is 33.7 Å². The van der Waals surface area contributed by atoms with Gasteiger partial charge in [-0.15, -0.1) is 12.4 Å². The van der Waals surface area contributed by atoms with Gasteiger partial charge in [-0.3, -0.25) is 14.1 Å². The maximum absolute atomic E-state index is 12.2. The Hall–Kier alpha value is 0.939. The Morgan fingerprint density at radius 1 is 0.903 bits per heavy atom. The molecule has 1 N–H and O–H groups in total. The predicted octanol–water partition coefficient (Wildman–Crippen LogP) is 0.774. The molecule has 3 unspecified atom stereocenters. The number of esters is 2. The van der Waals surface area contributed by atoms with Gasteiger partial charge in [0.15, 0.2) is 5.25 Å². The zero-order valence-electron chi connectivity index (χ0n) is 20.9. The fraction of sp³-hybridized carbons (Fsp3) is 0.900. The van der Waals surface area contributed by atoms with Gasteiger partial charge in [-0.25, -0.2) is 0 Å². The first kappa shape index (κ1) is 39.2. The normalized spacial score (nSPS) is 13.5. The number of halogens is 1. The summed E-state index contributed by atoms with van der Waals surface area (Å²) in [4.78, 5) is 24.2. The maximum atomic E-state index is 12.2. The average molecular weight is 604 g/mol. The van der Waals surface area contributed by atoms with Gasteiger partial charge in [0, 0.05) is 0 Å². The van der Waals surface area contributed by atoms with Crippen LogP contribution in [-0.4, -0.2) is 67.3 Å². The molecule has 0 aromatic carbocycles. The van der Waals surface area contributed by atoms with Gasteiger partial charge in [0.25, 0.3) is 10.1 Å². The van der Waals surface area contributed by atoms with Crippen LogP contribution in [0.15, 0.2) is 0 Å². The minimum atomic E-state index is -4.76. The van der Waals surface area contributed by atoms with E-state index in [0.29, 0.717) is 0 Å². The first-order valence-corrected chi connectivity index (χ1v) is 12.0. The number of hydrogen-bond donors (Lipinski definition) is 1. The van der Waals surface area contributed by atoms with E-state index in [9.17, 15) is 22.6 Å². The summed E-state index contributed by atoms with van der Waals surface area (Å²) in [6.45, 7) is 8.35. The summed E-state index contributed by atoms with van der Waals surface area (Å²) < 4.78 is 42.8. The fourth-order valence-corrected chi connectivity index (χ4v) is 3.48. The van der Waals surface area contributed by atoms with Crippen LogP contribution in [0, 0.1) is 11.8 Å². The van der Waals surface area contributed by atoms with E-state index in [4.69, 9.17) is 9.47 Å². The molecule has 0 aromatic heterocycles. The molecule has 0 amide bonds. The molecular formula is C20H42ClNaO7SSn. The van der Waals surface area contributed by atoms with Crippen LogP contribution < -0.4 is 29.6 Å². The van der Waals surface area contributed by atoms with Gasteiger partial charge in [0.2, 0.25) is 0 Å². The SMILES string of the molecule is CCCCC(CC)COC(=O)CC(C(=O)OCC(CC)CCCC)S(=O)(=O)O.Cl.[H-].[Na+].[SnH2]. The van der Waals surface area contributed by atoms with Crippen molar-refractivity contribution < 1.29 is 63.0 Å². The van der Waals surface area contributed by atoms with Crippen LogP contribution in [-0.2, 0) is 29.2 Å². The van der Waals surface area contributed by atoms with Crippen LogP contribution >= 0.6 is 12.4 Å². The number of unbranched alkanes of at least 4 members (excludes halogenated alkanes) is 2. The van der Waals surface area contributed by atoms with E-state index >= 15 is 0 Å². The molecule has 0 aromatic rings. The summed E-state index contributed by atoms with van der Waals surface area (Å²) in [6.07, 6.45) is 6.74. The zero-order valence-corrected chi connectivity index (χ0v) is 27.6. The van der Waals surface area contributed by atoms with Crippen LogP contribution in [0.5, 0.6) is 0 Å². The molecule has 0 saturated carbocycles. The molecule has 0 spiro atoms. The van der Waals surface area contributed by atoms with Crippen LogP contribution in [0.1, 0.15) is 86.9 Å². The van der Waals surface area contributed by atoms with E-state index in [1.165, 1.54) is 0 Å². The molecule has 11 heteroatoms. The van der Waals surface area contributed by atoms with E-state index in [1.54, 1.807) is 0 Å². The van der Waals surface area contributed by atoms with Crippen molar-refractivity contribution in [3.8, 4) is 0 Å². The molecule has 2 radical (unpaired) electrons. The van der Waals surface area contributed by atoms with Crippen molar-refractivity contribution in [2.45, 2.75) is 90.7 Å². The van der Waals surface area contributed by atoms with Gasteiger partial charge in [-0.1, -0.05) is 66.2 Å². The van der Waals surface area contributed by atoms with E-state index in [-0.39, 0.29) is 92.3 Å². The standard InChI is InChI=1S/C20H38O7S.ClH.Na.Sn.3H/c1-5-9-11-16(7-3)14-26-19(21)13-18(28(23,24)25)20(22)27-15-17(8-4)12-10-6-2;;;;;;/h16-18H,5-15H2,1-4H3,(H,23,24,25);1H;;;;;/q;;+1;;;;-1. The molecule has 0 heterocycles. The molecule has 182 valence electrons. The Balaban J connectivity index is -0.000000607. The van der Waals surface area contributed by atoms with Crippen LogP contribution in [0.25, 0.3) is 0 Å². The second kappa shape index (κ2) is 22.7. The zero-order chi connectivity index (χ0) is 21.6. The third-order valence-corrected chi connectivity index (χ3v) is 6.08. The third-order valence-electron chi connectivity index (χ3n) is 5.00. The number of carbonyl (C=O) groups excluding carboxylic acids is 2. The van der Waals surface area contributed by atoms with Crippen molar-refractivity contribution in [3.63, 3.8) is 0 Å². The van der Waals surface area contributed by atoms with Gasteiger partial charge in [0.05, 0.1) is 19.6 Å². The Kier molecular flexibility index (Phi) is 28.7. The van der Waals surface area contributed by atoms with Crippen molar-refractivity contribution in [3.05, 3.63) is 0 Å². The van der Waals surface area contributed by atoms with Crippen LogP contribution in [0.2, 0.25) is 0 Å². The van der Waals surface area contributed by atoms with E-state index in [2.05, 4.69) is 13.8 Å².